The summed E-state index contributed by atoms with van der Waals surface area (Å²) in [7, 11) is 0. The van der Waals surface area contributed by atoms with Crippen LogP contribution < -0.4 is 0 Å². The predicted molar refractivity (Wildman–Crippen MR) is 104 cm³/mol. The summed E-state index contributed by atoms with van der Waals surface area (Å²) in [6, 6.07) is 13.7. The molecule has 0 saturated carbocycles. The van der Waals surface area contributed by atoms with Crippen LogP contribution in [0.5, 0.6) is 0 Å². The monoisotopic (exact) mass is 383 g/mol. The summed E-state index contributed by atoms with van der Waals surface area (Å²) in [5.41, 5.74) is 2.68. The van der Waals surface area contributed by atoms with E-state index in [1.807, 2.05) is 50.2 Å². The van der Waals surface area contributed by atoms with Gasteiger partial charge in [-0.05, 0) is 36.7 Å². The van der Waals surface area contributed by atoms with Crippen LogP contribution in [0.3, 0.4) is 0 Å². The number of aromatic nitrogens is 2. The second kappa shape index (κ2) is 8.41. The summed E-state index contributed by atoms with van der Waals surface area (Å²) in [6.45, 7) is 3.82. The van der Waals surface area contributed by atoms with Gasteiger partial charge in [-0.25, -0.2) is 9.97 Å². The van der Waals surface area contributed by atoms with Crippen molar-refractivity contribution in [1.29, 1.82) is 5.26 Å². The molecule has 0 N–H and O–H groups in total. The van der Waals surface area contributed by atoms with Gasteiger partial charge in [-0.15, -0.1) is 0 Å². The molecule has 5 nitrogen and oxygen atoms in total. The van der Waals surface area contributed by atoms with Crippen LogP contribution in [-0.4, -0.2) is 24.9 Å². The fraction of sp³-hybridized carbons (Fsp3) is 0.211. The first-order valence-electron chi connectivity index (χ1n) is 8.00. The molecule has 1 atom stereocenters. The van der Waals surface area contributed by atoms with Gasteiger partial charge in [-0.2, -0.15) is 5.26 Å². The van der Waals surface area contributed by atoms with Crippen LogP contribution in [0.15, 0.2) is 58.3 Å². The largest absolute Gasteiger partial charge is 0.615 e. The van der Waals surface area contributed by atoms with E-state index < -0.39 is 11.2 Å². The summed E-state index contributed by atoms with van der Waals surface area (Å²) in [5.74, 6) is 0.388. The third kappa shape index (κ3) is 4.10. The highest BCUT2D eigenvalue weighted by atomic mass is 32.3. The van der Waals surface area contributed by atoms with E-state index in [0.717, 1.165) is 11.1 Å². The topological polar surface area (TPSA) is 85.8 Å². The minimum Gasteiger partial charge on any atom is -0.615 e. The van der Waals surface area contributed by atoms with E-state index in [-0.39, 0.29) is 5.25 Å². The highest BCUT2D eigenvalue weighted by Gasteiger charge is 2.20. The maximum Gasteiger partial charge on any atom is 0.245 e. The number of pyridine rings is 1. The molecule has 7 heteroatoms. The molecule has 1 unspecified atom stereocenters. The van der Waals surface area contributed by atoms with Gasteiger partial charge in [-0.3, -0.25) is 0 Å². The Morgan fingerprint density at radius 1 is 1.31 bits per heavy atom. The molecule has 132 valence electrons. The van der Waals surface area contributed by atoms with Crippen LogP contribution in [0.1, 0.15) is 19.4 Å². The second-order valence-corrected chi connectivity index (χ2v) is 9.06. The first kappa shape index (κ1) is 18.5. The lowest BCUT2D eigenvalue weighted by atomic mass is 10.0. The van der Waals surface area contributed by atoms with Crippen LogP contribution >= 0.6 is 11.8 Å². The number of hydrogen-bond donors (Lipinski definition) is 0. The van der Waals surface area contributed by atoms with Crippen LogP contribution in [0.2, 0.25) is 0 Å². The van der Waals surface area contributed by atoms with Gasteiger partial charge in [0.15, 0.2) is 5.08 Å². The van der Waals surface area contributed by atoms with Crippen molar-refractivity contribution in [2.45, 2.75) is 24.1 Å². The van der Waals surface area contributed by atoms with Crippen molar-refractivity contribution >= 4 is 22.9 Å². The van der Waals surface area contributed by atoms with Gasteiger partial charge in [0, 0.05) is 5.56 Å². The van der Waals surface area contributed by atoms with E-state index in [0.29, 0.717) is 27.3 Å². The highest BCUT2D eigenvalue weighted by Crippen LogP contribution is 2.34. The van der Waals surface area contributed by atoms with E-state index in [9.17, 15) is 9.81 Å². The smallest absolute Gasteiger partial charge is 0.245 e. The molecule has 0 bridgehead atoms. The van der Waals surface area contributed by atoms with E-state index in [1.165, 1.54) is 18.0 Å². The lowest BCUT2D eigenvalue weighted by Gasteiger charge is -2.15. The number of nitriles is 1. The molecule has 0 fully saturated rings. The second-order valence-electron chi connectivity index (χ2n) is 5.74. The molecule has 3 aromatic rings. The van der Waals surface area contributed by atoms with Crippen molar-refractivity contribution in [3.8, 4) is 28.8 Å². The molecule has 1 aromatic carbocycles. The summed E-state index contributed by atoms with van der Waals surface area (Å²) >= 11 is 0.323. The van der Waals surface area contributed by atoms with Crippen molar-refractivity contribution < 1.29 is 8.97 Å². The average molecular weight is 383 g/mol. The highest BCUT2D eigenvalue weighted by molar-refractivity contribution is 8.12. The predicted octanol–water partition coefficient (Wildman–Crippen LogP) is 4.48. The lowest BCUT2D eigenvalue weighted by molar-refractivity contribution is 0.571. The van der Waals surface area contributed by atoms with Crippen molar-refractivity contribution in [1.82, 2.24) is 9.97 Å². The van der Waals surface area contributed by atoms with Gasteiger partial charge in [0.05, 0.1) is 11.8 Å². The lowest BCUT2D eigenvalue weighted by Crippen LogP contribution is -2.16. The molecule has 0 spiro atoms. The summed E-state index contributed by atoms with van der Waals surface area (Å²) < 4.78 is 17.5. The van der Waals surface area contributed by atoms with Gasteiger partial charge in [-0.1, -0.05) is 42.1 Å². The third-order valence-corrected chi connectivity index (χ3v) is 6.69. The molecule has 2 heterocycles. The summed E-state index contributed by atoms with van der Waals surface area (Å²) in [4.78, 5) is 8.71. The number of hydrogen-bond acceptors (Lipinski definition) is 6. The normalized spacial score (nSPS) is 12.1. The number of thioether (sulfide) groups is 1. The van der Waals surface area contributed by atoms with E-state index in [4.69, 9.17) is 4.42 Å². The fourth-order valence-electron chi connectivity index (χ4n) is 2.29. The Kier molecular flexibility index (Phi) is 5.99. The first-order valence-corrected chi connectivity index (χ1v) is 10.4. The van der Waals surface area contributed by atoms with Gasteiger partial charge in [0.1, 0.15) is 28.3 Å². The summed E-state index contributed by atoms with van der Waals surface area (Å²) in [5, 5.41) is 10.7. The summed E-state index contributed by atoms with van der Waals surface area (Å²) in [6.07, 6.45) is 3.04. The maximum absolute atomic E-state index is 12.1. The Balaban J connectivity index is 2.09. The molecule has 0 aliphatic heterocycles. The number of oxazole rings is 1. The Morgan fingerprint density at radius 3 is 2.69 bits per heavy atom. The van der Waals surface area contributed by atoms with Crippen molar-refractivity contribution in [2.75, 3.05) is 5.08 Å². The zero-order chi connectivity index (χ0) is 18.5. The average Bonchev–Trinajstić information content (AvgIpc) is 3.20. The molecular weight excluding hydrogens is 366 g/mol. The number of nitrogens with zero attached hydrogens (tertiary/aromatic N) is 3. The molecular formula is C19H17N3O2S2. The number of rotatable bonds is 6. The Bertz CT molecular complexity index is 907. The minimum absolute atomic E-state index is 0.0524. The SMILES string of the molecule is CC(C)[S+]([O-])CSc1nc(-c2ncco2)cc(-c2ccccc2)c1C#N. The van der Waals surface area contributed by atoms with Crippen molar-refractivity contribution in [3.63, 3.8) is 0 Å². The van der Waals surface area contributed by atoms with Gasteiger partial charge >= 0.3 is 0 Å². The standard InChI is InChI=1S/C19H17N3O2S2/c1-13(2)26(23)12-25-19-16(11-20)15(14-6-4-3-5-7-14)10-17(22-19)18-21-8-9-24-18/h3-10,13H,12H2,1-2H3. The van der Waals surface area contributed by atoms with Crippen molar-refractivity contribution in [3.05, 3.63) is 54.4 Å². The molecule has 0 amide bonds. The molecule has 0 radical (unpaired) electrons. The zero-order valence-corrected chi connectivity index (χ0v) is 16.0. The molecule has 3 rings (SSSR count). The first-order chi connectivity index (χ1) is 12.6. The van der Waals surface area contributed by atoms with Crippen LogP contribution in [0.4, 0.5) is 0 Å². The zero-order valence-electron chi connectivity index (χ0n) is 14.4. The molecule has 26 heavy (non-hydrogen) atoms. The van der Waals surface area contributed by atoms with Gasteiger partial charge in [0.25, 0.3) is 0 Å². The minimum atomic E-state index is -1.00. The van der Waals surface area contributed by atoms with Crippen LogP contribution in [-0.2, 0) is 11.2 Å². The Hall–Kier alpha value is -2.27. The molecule has 0 saturated heterocycles. The quantitative estimate of drug-likeness (QED) is 0.461. The Labute approximate surface area is 159 Å². The molecule has 0 aliphatic carbocycles. The van der Waals surface area contributed by atoms with E-state index in [1.54, 1.807) is 6.20 Å². The maximum atomic E-state index is 12.1. The number of benzene rings is 1. The van der Waals surface area contributed by atoms with E-state index in [2.05, 4.69) is 16.0 Å². The molecule has 2 aromatic heterocycles. The molecule has 0 aliphatic rings. The van der Waals surface area contributed by atoms with Crippen molar-refractivity contribution in [2.24, 2.45) is 0 Å². The fourth-order valence-corrected chi connectivity index (χ4v) is 4.75. The third-order valence-electron chi connectivity index (χ3n) is 3.67. The van der Waals surface area contributed by atoms with Crippen LogP contribution in [0.25, 0.3) is 22.7 Å². The Morgan fingerprint density at radius 2 is 2.08 bits per heavy atom. The van der Waals surface area contributed by atoms with Gasteiger partial charge < -0.3 is 8.97 Å². The van der Waals surface area contributed by atoms with Crippen LogP contribution in [0, 0.1) is 11.3 Å². The van der Waals surface area contributed by atoms with Gasteiger partial charge in [0.2, 0.25) is 5.89 Å². The van der Waals surface area contributed by atoms with E-state index >= 15 is 0 Å².